The fraction of sp³-hybridized carbons (Fsp3) is 0.467. The molecule has 1 amide bonds. The first-order valence-electron chi connectivity index (χ1n) is 13.8. The highest BCUT2D eigenvalue weighted by Gasteiger charge is 2.20. The van der Waals surface area contributed by atoms with E-state index in [1.807, 2.05) is 24.3 Å². The molecule has 4 rings (SSSR count). The molecule has 2 heterocycles. The van der Waals surface area contributed by atoms with Crippen molar-refractivity contribution in [2.75, 3.05) is 70.6 Å². The summed E-state index contributed by atoms with van der Waals surface area (Å²) in [5, 5.41) is 15.5. The fourth-order valence-electron chi connectivity index (χ4n) is 4.91. The third-order valence-corrected chi connectivity index (χ3v) is 7.36. The highest BCUT2D eigenvalue weighted by molar-refractivity contribution is 6.01. The summed E-state index contributed by atoms with van der Waals surface area (Å²) in [4.78, 5) is 20.1. The molecule has 0 aliphatic carbocycles. The number of nitrogens with zero attached hydrogens (tertiary/aromatic N) is 4. The van der Waals surface area contributed by atoms with Crippen LogP contribution in [0.2, 0.25) is 0 Å². The summed E-state index contributed by atoms with van der Waals surface area (Å²) in [7, 11) is 6.36. The maximum atomic E-state index is 13.1. The highest BCUT2D eigenvalue weighted by Crippen LogP contribution is 2.33. The number of carbonyl (C=O) groups excluding carboxylic acids is 1. The van der Waals surface area contributed by atoms with E-state index in [9.17, 15) is 4.79 Å². The summed E-state index contributed by atoms with van der Waals surface area (Å²) >= 11 is 0. The molecule has 1 aliphatic heterocycles. The van der Waals surface area contributed by atoms with E-state index in [-0.39, 0.29) is 5.91 Å². The Hall–Kier alpha value is -3.20. The Bertz CT molecular complexity index is 1200. The predicted molar refractivity (Wildman–Crippen MR) is 160 cm³/mol. The van der Waals surface area contributed by atoms with E-state index in [1.54, 1.807) is 0 Å². The molecule has 1 fully saturated rings. The molecule has 1 aromatic heterocycles. The summed E-state index contributed by atoms with van der Waals surface area (Å²) in [5.41, 5.74) is 4.87. The van der Waals surface area contributed by atoms with Gasteiger partial charge in [0.2, 0.25) is 5.91 Å². The van der Waals surface area contributed by atoms with Crippen LogP contribution >= 0.6 is 0 Å². The number of carbonyl (C=O) groups is 1. The minimum Gasteiger partial charge on any atom is -0.367 e. The zero-order chi connectivity index (χ0) is 26.9. The first kappa shape index (κ1) is 27.8. The van der Waals surface area contributed by atoms with Gasteiger partial charge in [-0.3, -0.25) is 9.89 Å². The molecule has 1 saturated heterocycles. The molecular weight excluding hydrogens is 474 g/mol. The second-order valence-corrected chi connectivity index (χ2v) is 10.4. The Morgan fingerprint density at radius 2 is 1.89 bits per heavy atom. The van der Waals surface area contributed by atoms with E-state index in [0.717, 1.165) is 85.6 Å². The number of anilines is 2. The number of amides is 1. The molecule has 3 aromatic rings. The average Bonchev–Trinajstić information content (AvgIpc) is 3.31. The van der Waals surface area contributed by atoms with Crippen LogP contribution in [0.1, 0.15) is 37.4 Å². The van der Waals surface area contributed by atoms with E-state index in [1.165, 1.54) is 0 Å². The molecule has 8 nitrogen and oxygen atoms in total. The van der Waals surface area contributed by atoms with Crippen LogP contribution in [0.15, 0.2) is 42.5 Å². The van der Waals surface area contributed by atoms with E-state index in [4.69, 9.17) is 0 Å². The smallest absolute Gasteiger partial charge is 0.224 e. The van der Waals surface area contributed by atoms with Gasteiger partial charge in [-0.2, -0.15) is 5.10 Å². The molecule has 1 unspecified atom stereocenters. The van der Waals surface area contributed by atoms with E-state index in [2.05, 4.69) is 93.9 Å². The van der Waals surface area contributed by atoms with Gasteiger partial charge in [0.1, 0.15) is 0 Å². The van der Waals surface area contributed by atoms with Crippen molar-refractivity contribution in [3.8, 4) is 0 Å². The molecule has 38 heavy (non-hydrogen) atoms. The number of nitrogens with one attached hydrogen (secondary N) is 3. The van der Waals surface area contributed by atoms with Crippen LogP contribution in [0.5, 0.6) is 0 Å². The van der Waals surface area contributed by atoms with E-state index in [0.29, 0.717) is 12.5 Å². The maximum absolute atomic E-state index is 13.1. The summed E-state index contributed by atoms with van der Waals surface area (Å²) in [6.07, 6.45) is 6.43. The molecule has 1 aliphatic rings. The fourth-order valence-corrected chi connectivity index (χ4v) is 4.91. The Balaban J connectivity index is 1.53. The lowest BCUT2D eigenvalue weighted by Crippen LogP contribution is -2.44. The van der Waals surface area contributed by atoms with E-state index >= 15 is 0 Å². The first-order chi connectivity index (χ1) is 18.4. The van der Waals surface area contributed by atoms with Gasteiger partial charge in [0.15, 0.2) is 0 Å². The SMILES string of the molecule is CCNCC(CCCC(=O)Nc1cc2c(/C=C/c3ccccc3)n[nH]c2cc1N1CCN(C)CC1)N(C)C. The van der Waals surface area contributed by atoms with Gasteiger partial charge in [-0.25, -0.2) is 0 Å². The Morgan fingerprint density at radius 3 is 2.61 bits per heavy atom. The Morgan fingerprint density at radius 1 is 1.13 bits per heavy atom. The van der Waals surface area contributed by atoms with Gasteiger partial charge in [0.05, 0.1) is 22.6 Å². The number of fused-ring (bicyclic) bond motifs is 1. The Labute approximate surface area is 227 Å². The first-order valence-corrected chi connectivity index (χ1v) is 13.8. The number of benzene rings is 2. The van der Waals surface area contributed by atoms with Gasteiger partial charge in [0.25, 0.3) is 0 Å². The van der Waals surface area contributed by atoms with Gasteiger partial charge in [-0.1, -0.05) is 43.3 Å². The molecule has 0 radical (unpaired) electrons. The van der Waals surface area contributed by atoms with Crippen molar-refractivity contribution in [3.05, 3.63) is 53.7 Å². The molecule has 0 bridgehead atoms. The van der Waals surface area contributed by atoms with Crippen molar-refractivity contribution in [1.29, 1.82) is 0 Å². The molecule has 0 saturated carbocycles. The minimum absolute atomic E-state index is 0.0607. The third kappa shape index (κ3) is 7.43. The van der Waals surface area contributed by atoms with E-state index < -0.39 is 0 Å². The number of hydrogen-bond acceptors (Lipinski definition) is 6. The quantitative estimate of drug-likeness (QED) is 0.335. The van der Waals surface area contributed by atoms with Crippen molar-refractivity contribution in [3.63, 3.8) is 0 Å². The molecule has 1 atom stereocenters. The highest BCUT2D eigenvalue weighted by atomic mass is 16.1. The van der Waals surface area contributed by atoms with Crippen molar-refractivity contribution in [1.82, 2.24) is 25.3 Å². The lowest BCUT2D eigenvalue weighted by atomic mass is 10.1. The van der Waals surface area contributed by atoms with Crippen LogP contribution in [0.25, 0.3) is 23.1 Å². The van der Waals surface area contributed by atoms with Gasteiger partial charge in [-0.05, 0) is 64.3 Å². The van der Waals surface area contributed by atoms with Crippen LogP contribution in [0.3, 0.4) is 0 Å². The zero-order valence-electron chi connectivity index (χ0n) is 23.3. The number of aromatic nitrogens is 2. The summed E-state index contributed by atoms with van der Waals surface area (Å²) < 4.78 is 0. The van der Waals surface area contributed by atoms with Gasteiger partial charge < -0.3 is 25.3 Å². The summed E-state index contributed by atoms with van der Waals surface area (Å²) in [6.45, 7) is 7.86. The lowest BCUT2D eigenvalue weighted by Gasteiger charge is -2.35. The van der Waals surface area contributed by atoms with Crippen LogP contribution < -0.4 is 15.5 Å². The van der Waals surface area contributed by atoms with Crippen molar-refractivity contribution in [2.24, 2.45) is 0 Å². The topological polar surface area (TPSA) is 79.5 Å². The molecule has 0 spiro atoms. The van der Waals surface area contributed by atoms with Crippen molar-refractivity contribution >= 4 is 40.3 Å². The maximum Gasteiger partial charge on any atom is 0.224 e. The number of piperazine rings is 1. The third-order valence-electron chi connectivity index (χ3n) is 7.36. The molecule has 3 N–H and O–H groups in total. The van der Waals surface area contributed by atoms with Crippen LogP contribution in [-0.2, 0) is 4.79 Å². The lowest BCUT2D eigenvalue weighted by molar-refractivity contribution is -0.116. The van der Waals surface area contributed by atoms with Crippen LogP contribution in [0.4, 0.5) is 11.4 Å². The minimum atomic E-state index is 0.0607. The Kier molecular flexibility index (Phi) is 9.92. The number of likely N-dealkylation sites (N-methyl/N-ethyl adjacent to an activating group) is 3. The zero-order valence-corrected chi connectivity index (χ0v) is 23.3. The molecule has 204 valence electrons. The number of aromatic amines is 1. The molecular formula is C30H43N7O. The number of H-pyrrole nitrogens is 1. The second kappa shape index (κ2) is 13.6. The molecule has 8 heteroatoms. The predicted octanol–water partition coefficient (Wildman–Crippen LogP) is 4.13. The van der Waals surface area contributed by atoms with Crippen LogP contribution in [-0.4, -0.2) is 92.4 Å². The van der Waals surface area contributed by atoms with Crippen molar-refractivity contribution < 1.29 is 4.79 Å². The standard InChI is InChI=1S/C30H43N7O/c1-5-31-22-24(35(2)3)12-9-13-30(38)32-28-20-25-26(15-14-23-10-7-6-8-11-23)33-34-27(25)21-29(28)37-18-16-36(4)17-19-37/h6-8,10-11,14-15,20-21,24,31H,5,9,12-13,16-19,22H2,1-4H3,(H,32,38)(H,33,34)/b15-14+. The van der Waals surface area contributed by atoms with Gasteiger partial charge >= 0.3 is 0 Å². The average molecular weight is 518 g/mol. The summed E-state index contributed by atoms with van der Waals surface area (Å²) in [6, 6.07) is 14.9. The van der Waals surface area contributed by atoms with Gasteiger partial charge in [-0.15, -0.1) is 0 Å². The summed E-state index contributed by atoms with van der Waals surface area (Å²) in [5.74, 6) is 0.0607. The normalized spacial score (nSPS) is 15.6. The van der Waals surface area contributed by atoms with Crippen LogP contribution in [0, 0.1) is 0 Å². The monoisotopic (exact) mass is 517 g/mol. The van der Waals surface area contributed by atoms with Crippen molar-refractivity contribution in [2.45, 2.75) is 32.2 Å². The number of rotatable bonds is 12. The molecule has 2 aromatic carbocycles. The largest absolute Gasteiger partial charge is 0.367 e. The second-order valence-electron chi connectivity index (χ2n) is 10.4. The number of hydrogen-bond donors (Lipinski definition) is 3. The van der Waals surface area contributed by atoms with Gasteiger partial charge in [0, 0.05) is 50.6 Å².